The third-order valence-electron chi connectivity index (χ3n) is 5.42. The first-order valence-corrected chi connectivity index (χ1v) is 10.8. The molecule has 2 atom stereocenters. The maximum Gasteiger partial charge on any atom is 0.0431 e. The Hall–Kier alpha value is -0.300. The lowest BCUT2D eigenvalue weighted by Gasteiger charge is -2.17. The molecule has 0 heterocycles. The maximum atomic E-state index is 8.81. The predicted octanol–water partition coefficient (Wildman–Crippen LogP) is 7.53. The SMILES string of the molecule is CCC(CCCC(C)CCCC(C)C)CC/C(C)=C/CCCCO. The highest BCUT2D eigenvalue weighted by Crippen LogP contribution is 2.24. The summed E-state index contributed by atoms with van der Waals surface area (Å²) in [6.07, 6.45) is 18.0. The molecule has 0 aromatic heterocycles. The smallest absolute Gasteiger partial charge is 0.0431 e. The Labute approximate surface area is 153 Å². The van der Waals surface area contributed by atoms with Crippen LogP contribution in [0.25, 0.3) is 0 Å². The summed E-state index contributed by atoms with van der Waals surface area (Å²) in [6.45, 7) is 12.1. The lowest BCUT2D eigenvalue weighted by molar-refractivity contribution is 0.285. The fourth-order valence-corrected chi connectivity index (χ4v) is 3.46. The van der Waals surface area contributed by atoms with E-state index in [1.165, 1.54) is 57.8 Å². The van der Waals surface area contributed by atoms with Crippen LogP contribution in [0.4, 0.5) is 0 Å². The first-order valence-electron chi connectivity index (χ1n) is 10.8. The van der Waals surface area contributed by atoms with Crippen LogP contribution in [0.2, 0.25) is 0 Å². The molecule has 0 spiro atoms. The minimum Gasteiger partial charge on any atom is -0.396 e. The fourth-order valence-electron chi connectivity index (χ4n) is 3.46. The van der Waals surface area contributed by atoms with Crippen molar-refractivity contribution in [1.29, 1.82) is 0 Å². The monoisotopic (exact) mass is 338 g/mol. The number of hydrogen-bond acceptors (Lipinski definition) is 1. The van der Waals surface area contributed by atoms with E-state index in [1.807, 2.05) is 0 Å². The van der Waals surface area contributed by atoms with Gasteiger partial charge in [0.1, 0.15) is 0 Å². The van der Waals surface area contributed by atoms with Crippen LogP contribution in [0.3, 0.4) is 0 Å². The van der Waals surface area contributed by atoms with Crippen molar-refractivity contribution in [2.45, 2.75) is 112 Å². The first kappa shape index (κ1) is 23.7. The number of aliphatic hydroxyl groups excluding tert-OH is 1. The van der Waals surface area contributed by atoms with Gasteiger partial charge in [0.2, 0.25) is 0 Å². The van der Waals surface area contributed by atoms with E-state index < -0.39 is 0 Å². The van der Waals surface area contributed by atoms with Crippen LogP contribution in [0.15, 0.2) is 11.6 Å². The zero-order chi connectivity index (χ0) is 18.2. The normalized spacial score (nSPS) is 15.0. The lowest BCUT2D eigenvalue weighted by atomic mass is 9.89. The van der Waals surface area contributed by atoms with Gasteiger partial charge < -0.3 is 5.11 Å². The average Bonchev–Trinajstić information content (AvgIpc) is 2.54. The molecular weight excluding hydrogens is 292 g/mol. The summed E-state index contributed by atoms with van der Waals surface area (Å²) in [5.74, 6) is 2.68. The van der Waals surface area contributed by atoms with Gasteiger partial charge in [0, 0.05) is 6.61 Å². The molecule has 1 heteroatoms. The van der Waals surface area contributed by atoms with E-state index in [0.717, 1.165) is 37.0 Å². The second-order valence-electron chi connectivity index (χ2n) is 8.44. The Balaban J connectivity index is 3.78. The molecule has 1 nitrogen and oxygen atoms in total. The molecule has 2 unspecified atom stereocenters. The van der Waals surface area contributed by atoms with Crippen molar-refractivity contribution in [1.82, 2.24) is 0 Å². The van der Waals surface area contributed by atoms with Crippen molar-refractivity contribution in [3.05, 3.63) is 11.6 Å². The Morgan fingerprint density at radius 3 is 2.12 bits per heavy atom. The summed E-state index contributed by atoms with van der Waals surface area (Å²) < 4.78 is 0. The Bertz CT molecular complexity index is 292. The fraction of sp³-hybridized carbons (Fsp3) is 0.913. The van der Waals surface area contributed by atoms with E-state index >= 15 is 0 Å². The number of hydrogen-bond donors (Lipinski definition) is 1. The first-order chi connectivity index (χ1) is 11.5. The van der Waals surface area contributed by atoms with Gasteiger partial charge in [-0.15, -0.1) is 0 Å². The van der Waals surface area contributed by atoms with Crippen LogP contribution < -0.4 is 0 Å². The quantitative estimate of drug-likeness (QED) is 0.228. The summed E-state index contributed by atoms with van der Waals surface area (Å²) in [4.78, 5) is 0. The highest BCUT2D eigenvalue weighted by Gasteiger charge is 2.09. The standard InChI is InChI=1S/C23H46O/c1-6-23(18-17-22(5)13-8-7-9-19-24)16-11-15-21(4)14-10-12-20(2)3/h13,20-21,23-24H,6-12,14-19H2,1-5H3/b22-13+. The van der Waals surface area contributed by atoms with Crippen molar-refractivity contribution < 1.29 is 5.11 Å². The van der Waals surface area contributed by atoms with Gasteiger partial charge in [-0.25, -0.2) is 0 Å². The molecule has 0 aliphatic rings. The highest BCUT2D eigenvalue weighted by atomic mass is 16.2. The predicted molar refractivity (Wildman–Crippen MR) is 109 cm³/mol. The van der Waals surface area contributed by atoms with Gasteiger partial charge in [0.25, 0.3) is 0 Å². The largest absolute Gasteiger partial charge is 0.396 e. The molecule has 144 valence electrons. The molecule has 0 aromatic carbocycles. The van der Waals surface area contributed by atoms with Crippen LogP contribution >= 0.6 is 0 Å². The van der Waals surface area contributed by atoms with Crippen LogP contribution in [-0.4, -0.2) is 11.7 Å². The number of unbranched alkanes of at least 4 members (excludes halogenated alkanes) is 2. The van der Waals surface area contributed by atoms with Gasteiger partial charge in [0.15, 0.2) is 0 Å². The average molecular weight is 339 g/mol. The van der Waals surface area contributed by atoms with Crippen molar-refractivity contribution in [3.8, 4) is 0 Å². The summed E-state index contributed by atoms with van der Waals surface area (Å²) in [7, 11) is 0. The molecule has 0 aromatic rings. The highest BCUT2D eigenvalue weighted by molar-refractivity contribution is 4.97. The van der Waals surface area contributed by atoms with Gasteiger partial charge in [-0.1, -0.05) is 84.3 Å². The maximum absolute atomic E-state index is 8.81. The van der Waals surface area contributed by atoms with E-state index in [9.17, 15) is 0 Å². The molecular formula is C23H46O. The lowest BCUT2D eigenvalue weighted by Crippen LogP contribution is -2.02. The van der Waals surface area contributed by atoms with Gasteiger partial charge >= 0.3 is 0 Å². The van der Waals surface area contributed by atoms with Crippen molar-refractivity contribution >= 4 is 0 Å². The summed E-state index contributed by atoms with van der Waals surface area (Å²) >= 11 is 0. The molecule has 0 aliphatic carbocycles. The molecule has 0 aliphatic heterocycles. The molecule has 0 rings (SSSR count). The van der Waals surface area contributed by atoms with Gasteiger partial charge in [-0.2, -0.15) is 0 Å². The third-order valence-corrected chi connectivity index (χ3v) is 5.42. The molecule has 0 fully saturated rings. The van der Waals surface area contributed by atoms with E-state index in [-0.39, 0.29) is 0 Å². The molecule has 0 saturated carbocycles. The third kappa shape index (κ3) is 15.2. The van der Waals surface area contributed by atoms with Gasteiger partial charge in [-0.3, -0.25) is 0 Å². The van der Waals surface area contributed by atoms with E-state index in [2.05, 4.69) is 40.7 Å². The summed E-state index contributed by atoms with van der Waals surface area (Å²) in [6, 6.07) is 0. The van der Waals surface area contributed by atoms with Crippen LogP contribution in [0, 0.1) is 17.8 Å². The molecule has 0 bridgehead atoms. The summed E-state index contributed by atoms with van der Waals surface area (Å²) in [5.41, 5.74) is 1.55. The van der Waals surface area contributed by atoms with Crippen molar-refractivity contribution in [3.63, 3.8) is 0 Å². The molecule has 1 N–H and O–H groups in total. The molecule has 0 amide bonds. The molecule has 24 heavy (non-hydrogen) atoms. The Morgan fingerprint density at radius 1 is 0.875 bits per heavy atom. The van der Waals surface area contributed by atoms with Crippen molar-refractivity contribution in [2.75, 3.05) is 6.61 Å². The van der Waals surface area contributed by atoms with E-state index in [4.69, 9.17) is 5.11 Å². The second kappa shape index (κ2) is 16.2. The number of aliphatic hydroxyl groups is 1. The van der Waals surface area contributed by atoms with Crippen molar-refractivity contribution in [2.24, 2.45) is 17.8 Å². The number of allylic oxidation sites excluding steroid dienone is 2. The zero-order valence-electron chi connectivity index (χ0n) is 17.4. The van der Waals surface area contributed by atoms with Crippen LogP contribution in [0.1, 0.15) is 112 Å². The molecule has 0 radical (unpaired) electrons. The number of rotatable bonds is 16. The van der Waals surface area contributed by atoms with E-state index in [1.54, 1.807) is 5.57 Å². The van der Waals surface area contributed by atoms with Gasteiger partial charge in [0.05, 0.1) is 0 Å². The zero-order valence-corrected chi connectivity index (χ0v) is 17.4. The summed E-state index contributed by atoms with van der Waals surface area (Å²) in [5, 5.41) is 8.81. The molecule has 0 saturated heterocycles. The minimum absolute atomic E-state index is 0.334. The topological polar surface area (TPSA) is 20.2 Å². The van der Waals surface area contributed by atoms with E-state index in [0.29, 0.717) is 6.61 Å². The second-order valence-corrected chi connectivity index (χ2v) is 8.44. The Kier molecular flexibility index (Phi) is 16.0. The van der Waals surface area contributed by atoms with Crippen LogP contribution in [-0.2, 0) is 0 Å². The van der Waals surface area contributed by atoms with Crippen LogP contribution in [0.5, 0.6) is 0 Å². The van der Waals surface area contributed by atoms with Gasteiger partial charge in [-0.05, 0) is 56.8 Å². The Morgan fingerprint density at radius 2 is 1.54 bits per heavy atom. The minimum atomic E-state index is 0.334.